The molecule has 0 aromatic heterocycles. The van der Waals surface area contributed by atoms with Crippen molar-refractivity contribution in [2.45, 2.75) is 37.2 Å². The third-order valence-electron chi connectivity index (χ3n) is 6.89. The van der Waals surface area contributed by atoms with E-state index in [2.05, 4.69) is 65.6 Å². The second kappa shape index (κ2) is 9.33. The summed E-state index contributed by atoms with van der Waals surface area (Å²) < 4.78 is 18.5. The number of rotatable bonds is 7. The van der Waals surface area contributed by atoms with Crippen LogP contribution in [0.5, 0.6) is 11.5 Å². The van der Waals surface area contributed by atoms with Gasteiger partial charge in [-0.3, -0.25) is 9.29 Å². The van der Waals surface area contributed by atoms with Gasteiger partial charge < -0.3 is 9.84 Å². The van der Waals surface area contributed by atoms with Crippen molar-refractivity contribution in [2.75, 3.05) is 26.3 Å². The van der Waals surface area contributed by atoms with Crippen molar-refractivity contribution in [3.05, 3.63) is 95.1 Å². The highest BCUT2D eigenvalue weighted by Gasteiger charge is 2.32. The van der Waals surface area contributed by atoms with E-state index in [0.717, 1.165) is 38.2 Å². The molecule has 1 aliphatic carbocycles. The molecular weight excluding hydrogens is 401 g/mol. The first-order valence-electron chi connectivity index (χ1n) is 11.6. The Morgan fingerprint density at radius 2 is 1.72 bits per heavy atom. The SMILES string of the molecule is Oc1ccc2c(c1)CC[C@H](c1ccccc1)[C@@H]2c1ccc(OC2CN(CCCF)C2)cc1. The van der Waals surface area contributed by atoms with Gasteiger partial charge in [0, 0.05) is 25.6 Å². The summed E-state index contributed by atoms with van der Waals surface area (Å²) >= 11 is 0. The number of aryl methyl sites for hydroxylation is 1. The lowest BCUT2D eigenvalue weighted by Gasteiger charge is -2.39. The molecule has 2 atom stereocenters. The van der Waals surface area contributed by atoms with Crippen LogP contribution in [-0.4, -0.2) is 42.4 Å². The van der Waals surface area contributed by atoms with Gasteiger partial charge >= 0.3 is 0 Å². The number of alkyl halides is 1. The lowest BCUT2D eigenvalue weighted by Crippen LogP contribution is -2.53. The summed E-state index contributed by atoms with van der Waals surface area (Å²) in [5.41, 5.74) is 5.18. The minimum Gasteiger partial charge on any atom is -0.508 e. The van der Waals surface area contributed by atoms with Gasteiger partial charge in [-0.05, 0) is 71.7 Å². The number of aromatic hydroxyl groups is 1. The van der Waals surface area contributed by atoms with E-state index in [-0.39, 0.29) is 18.7 Å². The van der Waals surface area contributed by atoms with Gasteiger partial charge in [0.2, 0.25) is 0 Å². The summed E-state index contributed by atoms with van der Waals surface area (Å²) in [5, 5.41) is 10.0. The Kier molecular flexibility index (Phi) is 6.13. The first-order chi connectivity index (χ1) is 15.7. The Balaban J connectivity index is 1.36. The van der Waals surface area contributed by atoms with E-state index in [0.29, 0.717) is 18.1 Å². The monoisotopic (exact) mass is 431 g/mol. The molecule has 0 bridgehead atoms. The Bertz CT molecular complexity index is 1030. The summed E-state index contributed by atoms with van der Waals surface area (Å²) in [6.07, 6.45) is 2.82. The van der Waals surface area contributed by atoms with Gasteiger partial charge in [-0.25, -0.2) is 0 Å². The van der Waals surface area contributed by atoms with E-state index in [1.165, 1.54) is 22.3 Å². The van der Waals surface area contributed by atoms with E-state index in [1.54, 1.807) is 0 Å². The molecule has 0 unspecified atom stereocenters. The number of halogens is 1. The fourth-order valence-electron chi connectivity index (χ4n) is 5.29. The molecule has 3 aromatic rings. The summed E-state index contributed by atoms with van der Waals surface area (Å²) in [5.74, 6) is 1.87. The minimum atomic E-state index is -0.253. The van der Waals surface area contributed by atoms with Gasteiger partial charge in [0.15, 0.2) is 0 Å². The van der Waals surface area contributed by atoms with Gasteiger partial charge in [-0.1, -0.05) is 48.5 Å². The molecule has 0 saturated carbocycles. The molecule has 0 spiro atoms. The maximum Gasteiger partial charge on any atom is 0.124 e. The number of phenolic OH excluding ortho intramolecular Hbond substituents is 1. The predicted molar refractivity (Wildman–Crippen MR) is 125 cm³/mol. The molecule has 5 rings (SSSR count). The molecule has 166 valence electrons. The number of fused-ring (bicyclic) bond motifs is 1. The lowest BCUT2D eigenvalue weighted by molar-refractivity contribution is 0.0184. The van der Waals surface area contributed by atoms with Gasteiger partial charge in [-0.2, -0.15) is 0 Å². The summed E-state index contributed by atoms with van der Waals surface area (Å²) in [6, 6.07) is 25.1. The molecule has 3 aromatic carbocycles. The molecular formula is C28H30FNO2. The molecule has 1 N–H and O–H groups in total. The van der Waals surface area contributed by atoms with Crippen LogP contribution < -0.4 is 4.74 Å². The van der Waals surface area contributed by atoms with Gasteiger partial charge in [0.1, 0.15) is 17.6 Å². The maximum atomic E-state index is 12.3. The summed E-state index contributed by atoms with van der Waals surface area (Å²) in [6.45, 7) is 2.30. The Morgan fingerprint density at radius 3 is 2.47 bits per heavy atom. The average molecular weight is 432 g/mol. The second-order valence-electron chi connectivity index (χ2n) is 9.03. The average Bonchev–Trinajstić information content (AvgIpc) is 2.80. The van der Waals surface area contributed by atoms with E-state index in [1.807, 2.05) is 12.1 Å². The zero-order chi connectivity index (χ0) is 21.9. The number of hydrogen-bond acceptors (Lipinski definition) is 3. The molecule has 0 radical (unpaired) electrons. The largest absolute Gasteiger partial charge is 0.508 e. The molecule has 0 amide bonds. The fourth-order valence-corrected chi connectivity index (χ4v) is 5.29. The standard InChI is InChI=1S/C28H30FNO2/c29-15-4-16-30-18-25(19-30)32-24-11-7-21(8-12-24)28-26(20-5-2-1-3-6-20)13-9-22-17-23(31)10-14-27(22)28/h1-3,5-8,10-12,14,17,25-26,28,31H,4,9,13,15-16,18-19H2/t26-,28+/m1/s1. The van der Waals surface area contributed by atoms with Crippen LogP contribution >= 0.6 is 0 Å². The van der Waals surface area contributed by atoms with Gasteiger partial charge in [-0.15, -0.1) is 0 Å². The van der Waals surface area contributed by atoms with Crippen LogP contribution in [0.15, 0.2) is 72.8 Å². The summed E-state index contributed by atoms with van der Waals surface area (Å²) in [7, 11) is 0. The van der Waals surface area contributed by atoms with E-state index in [9.17, 15) is 9.50 Å². The van der Waals surface area contributed by atoms with Crippen LogP contribution in [-0.2, 0) is 6.42 Å². The van der Waals surface area contributed by atoms with Crippen LogP contribution in [0.4, 0.5) is 4.39 Å². The quantitative estimate of drug-likeness (QED) is 0.523. The van der Waals surface area contributed by atoms with E-state index >= 15 is 0 Å². The lowest BCUT2D eigenvalue weighted by atomic mass is 9.69. The van der Waals surface area contributed by atoms with Crippen molar-refractivity contribution >= 4 is 0 Å². The fraction of sp³-hybridized carbons (Fsp3) is 0.357. The number of phenols is 1. The number of likely N-dealkylation sites (tertiary alicyclic amines) is 1. The Labute approximate surface area is 189 Å². The van der Waals surface area contributed by atoms with Crippen LogP contribution in [0, 0.1) is 0 Å². The maximum absolute atomic E-state index is 12.3. The van der Waals surface area contributed by atoms with Crippen molar-refractivity contribution < 1.29 is 14.2 Å². The van der Waals surface area contributed by atoms with Crippen LogP contribution in [0.1, 0.15) is 46.9 Å². The highest BCUT2D eigenvalue weighted by atomic mass is 19.1. The Hall–Kier alpha value is -2.85. The number of benzene rings is 3. The zero-order valence-electron chi connectivity index (χ0n) is 18.3. The highest BCUT2D eigenvalue weighted by Crippen LogP contribution is 2.47. The molecule has 4 heteroatoms. The first-order valence-corrected chi connectivity index (χ1v) is 11.6. The molecule has 1 fully saturated rings. The summed E-state index contributed by atoms with van der Waals surface area (Å²) in [4.78, 5) is 2.23. The van der Waals surface area contributed by atoms with Crippen LogP contribution in [0.25, 0.3) is 0 Å². The van der Waals surface area contributed by atoms with E-state index in [4.69, 9.17) is 4.74 Å². The van der Waals surface area contributed by atoms with Crippen molar-refractivity contribution in [3.8, 4) is 11.5 Å². The van der Waals surface area contributed by atoms with Crippen molar-refractivity contribution in [3.63, 3.8) is 0 Å². The second-order valence-corrected chi connectivity index (χ2v) is 9.03. The smallest absolute Gasteiger partial charge is 0.124 e. The van der Waals surface area contributed by atoms with Crippen molar-refractivity contribution in [1.29, 1.82) is 0 Å². The normalized spacial score (nSPS) is 21.0. The molecule has 1 heterocycles. The van der Waals surface area contributed by atoms with Crippen LogP contribution in [0.3, 0.4) is 0 Å². The van der Waals surface area contributed by atoms with Gasteiger partial charge in [0.05, 0.1) is 6.67 Å². The molecule has 1 aliphatic heterocycles. The molecule has 1 saturated heterocycles. The van der Waals surface area contributed by atoms with E-state index < -0.39 is 0 Å². The third kappa shape index (κ3) is 4.37. The zero-order valence-corrected chi connectivity index (χ0v) is 18.3. The minimum absolute atomic E-state index is 0.191. The first kappa shape index (κ1) is 21.0. The number of nitrogens with zero attached hydrogens (tertiary/aromatic N) is 1. The van der Waals surface area contributed by atoms with Crippen molar-refractivity contribution in [1.82, 2.24) is 4.90 Å². The predicted octanol–water partition coefficient (Wildman–Crippen LogP) is 5.68. The number of hydrogen-bond donors (Lipinski definition) is 1. The van der Waals surface area contributed by atoms with Gasteiger partial charge in [0.25, 0.3) is 0 Å². The molecule has 32 heavy (non-hydrogen) atoms. The van der Waals surface area contributed by atoms with Crippen LogP contribution in [0.2, 0.25) is 0 Å². The topological polar surface area (TPSA) is 32.7 Å². The molecule has 3 nitrogen and oxygen atoms in total. The molecule has 2 aliphatic rings. The third-order valence-corrected chi connectivity index (χ3v) is 6.89. The number of ether oxygens (including phenoxy) is 1. The van der Waals surface area contributed by atoms with Crippen molar-refractivity contribution in [2.24, 2.45) is 0 Å². The highest BCUT2D eigenvalue weighted by molar-refractivity contribution is 5.48. The Morgan fingerprint density at radius 1 is 0.938 bits per heavy atom.